The monoisotopic (exact) mass is 176 g/mol. The van der Waals surface area contributed by atoms with Crippen molar-refractivity contribution in [2.45, 2.75) is 20.0 Å². The van der Waals surface area contributed by atoms with Crippen molar-refractivity contribution in [3.8, 4) is 0 Å². The van der Waals surface area contributed by atoms with Crippen LogP contribution in [-0.2, 0) is 0 Å². The van der Waals surface area contributed by atoms with Crippen molar-refractivity contribution in [2.75, 3.05) is 0 Å². The number of hydrogen-bond donors (Lipinski definition) is 0. The van der Waals surface area contributed by atoms with Gasteiger partial charge < -0.3 is 0 Å². The molecule has 1 unspecified atom stereocenters. The minimum absolute atomic E-state index is 0.227. The van der Waals surface area contributed by atoms with E-state index in [1.54, 1.807) is 0 Å². The molecular weight excluding hydrogens is 165 g/mol. The summed E-state index contributed by atoms with van der Waals surface area (Å²) in [7, 11) is 0. The van der Waals surface area contributed by atoms with Crippen molar-refractivity contribution in [3.63, 3.8) is 0 Å². The summed E-state index contributed by atoms with van der Waals surface area (Å²) < 4.78 is 37.5. The van der Waals surface area contributed by atoms with Crippen molar-refractivity contribution in [1.29, 1.82) is 0 Å². The molecule has 0 N–H and O–H groups in total. The van der Waals surface area contributed by atoms with Gasteiger partial charge in [0.05, 0.1) is 0 Å². The van der Waals surface area contributed by atoms with Crippen molar-refractivity contribution < 1.29 is 13.2 Å². The van der Waals surface area contributed by atoms with Crippen LogP contribution < -0.4 is 0 Å². The SMILES string of the molecule is C=C/C(F)=C(C)\C(F)=C/C(C)F. The van der Waals surface area contributed by atoms with Crippen LogP contribution in [0.4, 0.5) is 13.2 Å². The first kappa shape index (κ1) is 11.0. The second kappa shape index (κ2) is 4.80. The van der Waals surface area contributed by atoms with Crippen LogP contribution in [0.3, 0.4) is 0 Å². The molecule has 0 rings (SSSR count). The topological polar surface area (TPSA) is 0 Å². The Morgan fingerprint density at radius 2 is 1.92 bits per heavy atom. The molecule has 0 radical (unpaired) electrons. The molecule has 3 heteroatoms. The van der Waals surface area contributed by atoms with Crippen LogP contribution in [-0.4, -0.2) is 6.17 Å². The number of alkyl halides is 1. The van der Waals surface area contributed by atoms with Gasteiger partial charge in [-0.15, -0.1) is 0 Å². The van der Waals surface area contributed by atoms with E-state index in [4.69, 9.17) is 0 Å². The molecular formula is C9H11F3. The van der Waals surface area contributed by atoms with Crippen LogP contribution in [0.1, 0.15) is 13.8 Å². The first-order chi connectivity index (χ1) is 5.49. The highest BCUT2D eigenvalue weighted by Gasteiger charge is 2.05. The lowest BCUT2D eigenvalue weighted by molar-refractivity contribution is 0.422. The van der Waals surface area contributed by atoms with Gasteiger partial charge >= 0.3 is 0 Å². The molecule has 0 aromatic rings. The van der Waals surface area contributed by atoms with Crippen molar-refractivity contribution in [3.05, 3.63) is 36.0 Å². The van der Waals surface area contributed by atoms with Crippen molar-refractivity contribution in [1.82, 2.24) is 0 Å². The van der Waals surface area contributed by atoms with E-state index >= 15 is 0 Å². The zero-order valence-corrected chi connectivity index (χ0v) is 7.07. The fourth-order valence-electron chi connectivity index (χ4n) is 0.594. The number of halogens is 3. The van der Waals surface area contributed by atoms with Gasteiger partial charge in [-0.2, -0.15) is 0 Å². The molecule has 68 valence electrons. The van der Waals surface area contributed by atoms with Gasteiger partial charge in [-0.1, -0.05) is 6.58 Å². The van der Waals surface area contributed by atoms with Crippen LogP contribution in [0, 0.1) is 0 Å². The molecule has 12 heavy (non-hydrogen) atoms. The van der Waals surface area contributed by atoms with Gasteiger partial charge in [0.15, 0.2) is 0 Å². The van der Waals surface area contributed by atoms with Crippen LogP contribution in [0.5, 0.6) is 0 Å². The average Bonchev–Trinajstić information content (AvgIpc) is 2.00. The Balaban J connectivity index is 4.70. The van der Waals surface area contributed by atoms with E-state index < -0.39 is 17.8 Å². The van der Waals surface area contributed by atoms with Gasteiger partial charge in [-0.3, -0.25) is 0 Å². The molecule has 0 bridgehead atoms. The lowest BCUT2D eigenvalue weighted by atomic mass is 10.2. The largest absolute Gasteiger partial charge is 0.243 e. The van der Waals surface area contributed by atoms with Gasteiger partial charge in [0, 0.05) is 5.57 Å². The molecule has 0 aromatic carbocycles. The molecule has 0 aliphatic rings. The summed E-state index contributed by atoms with van der Waals surface area (Å²) in [6.45, 7) is 5.52. The molecule has 1 atom stereocenters. The zero-order chi connectivity index (χ0) is 9.72. The van der Waals surface area contributed by atoms with Crippen LogP contribution in [0.2, 0.25) is 0 Å². The summed E-state index contributed by atoms with van der Waals surface area (Å²) in [5.74, 6) is -1.66. The van der Waals surface area contributed by atoms with Gasteiger partial charge in [-0.25, -0.2) is 13.2 Å². The first-order valence-electron chi connectivity index (χ1n) is 3.49. The normalized spacial score (nSPS) is 16.9. The third kappa shape index (κ3) is 3.42. The lowest BCUT2D eigenvalue weighted by Gasteiger charge is -1.98. The summed E-state index contributed by atoms with van der Waals surface area (Å²) in [5, 5.41) is 0. The molecule has 0 saturated heterocycles. The highest BCUT2D eigenvalue weighted by Crippen LogP contribution is 2.18. The van der Waals surface area contributed by atoms with E-state index in [9.17, 15) is 13.2 Å². The zero-order valence-electron chi connectivity index (χ0n) is 7.07. The van der Waals surface area contributed by atoms with Gasteiger partial charge in [0.2, 0.25) is 0 Å². The summed E-state index contributed by atoms with van der Waals surface area (Å²) in [4.78, 5) is 0. The number of hydrogen-bond acceptors (Lipinski definition) is 0. The van der Waals surface area contributed by atoms with Crippen molar-refractivity contribution in [2.24, 2.45) is 0 Å². The predicted octanol–water partition coefficient (Wildman–Crippen LogP) is 3.63. The smallest absolute Gasteiger partial charge is 0.128 e. The minimum atomic E-state index is -1.42. The Morgan fingerprint density at radius 1 is 1.42 bits per heavy atom. The number of allylic oxidation sites excluding steroid dienone is 5. The Hall–Kier alpha value is -0.990. The predicted molar refractivity (Wildman–Crippen MR) is 43.8 cm³/mol. The van der Waals surface area contributed by atoms with Gasteiger partial charge in [0.25, 0.3) is 0 Å². The van der Waals surface area contributed by atoms with E-state index in [2.05, 4.69) is 6.58 Å². The van der Waals surface area contributed by atoms with E-state index in [-0.39, 0.29) is 5.57 Å². The molecule has 0 saturated carbocycles. The van der Waals surface area contributed by atoms with E-state index in [1.165, 1.54) is 13.8 Å². The van der Waals surface area contributed by atoms with Gasteiger partial charge in [0.1, 0.15) is 17.8 Å². The molecule has 0 aliphatic carbocycles. The highest BCUT2D eigenvalue weighted by molar-refractivity contribution is 5.30. The maximum atomic E-state index is 12.8. The molecule has 0 aliphatic heterocycles. The van der Waals surface area contributed by atoms with E-state index in [0.717, 1.165) is 6.08 Å². The van der Waals surface area contributed by atoms with Crippen molar-refractivity contribution >= 4 is 0 Å². The lowest BCUT2D eigenvalue weighted by Crippen LogP contribution is -1.89. The Morgan fingerprint density at radius 3 is 2.25 bits per heavy atom. The van der Waals surface area contributed by atoms with Crippen LogP contribution in [0.15, 0.2) is 36.0 Å². The summed E-state index contributed by atoms with van der Waals surface area (Å²) >= 11 is 0. The van der Waals surface area contributed by atoms with Crippen LogP contribution >= 0.6 is 0 Å². The third-order valence-corrected chi connectivity index (χ3v) is 1.27. The molecule has 0 fully saturated rings. The summed E-state index contributed by atoms with van der Waals surface area (Å²) in [5.41, 5.74) is -0.227. The van der Waals surface area contributed by atoms with E-state index in [0.29, 0.717) is 6.08 Å². The quantitative estimate of drug-likeness (QED) is 0.576. The van der Waals surface area contributed by atoms with E-state index in [1.807, 2.05) is 0 Å². The Bertz CT molecular complexity index is 224. The molecule has 0 amide bonds. The maximum absolute atomic E-state index is 12.8. The second-order valence-corrected chi connectivity index (χ2v) is 2.37. The molecule has 0 aromatic heterocycles. The average molecular weight is 176 g/mol. The summed E-state index contributed by atoms with van der Waals surface area (Å²) in [6.07, 6.45) is 0.168. The summed E-state index contributed by atoms with van der Waals surface area (Å²) in [6, 6.07) is 0. The first-order valence-corrected chi connectivity index (χ1v) is 3.49. The third-order valence-electron chi connectivity index (χ3n) is 1.27. The minimum Gasteiger partial charge on any atom is -0.243 e. The Kier molecular flexibility index (Phi) is 4.40. The van der Waals surface area contributed by atoms with Crippen LogP contribution in [0.25, 0.3) is 0 Å². The second-order valence-electron chi connectivity index (χ2n) is 2.37. The molecule has 0 heterocycles. The van der Waals surface area contributed by atoms with Gasteiger partial charge in [-0.05, 0) is 26.0 Å². The fourth-order valence-corrected chi connectivity index (χ4v) is 0.594. The molecule has 0 spiro atoms. The Labute approximate surface area is 70.1 Å². The fraction of sp³-hybridized carbons (Fsp3) is 0.333. The molecule has 0 nitrogen and oxygen atoms in total. The number of rotatable bonds is 3. The highest BCUT2D eigenvalue weighted by atomic mass is 19.1. The standard InChI is InChI=1S/C9H11F3/c1-4-8(11)7(3)9(12)5-6(2)10/h4-6H,1H2,2-3H3/b8-7+,9-5+. The maximum Gasteiger partial charge on any atom is 0.128 e.